The van der Waals surface area contributed by atoms with Crippen molar-refractivity contribution in [2.45, 2.75) is 32.2 Å². The van der Waals surface area contributed by atoms with Gasteiger partial charge in [0.2, 0.25) is 5.91 Å². The third-order valence-corrected chi connectivity index (χ3v) is 3.78. The first-order chi connectivity index (χ1) is 9.54. The maximum absolute atomic E-state index is 12.4. The van der Waals surface area contributed by atoms with E-state index >= 15 is 0 Å². The molecule has 1 aliphatic rings. The van der Waals surface area contributed by atoms with Gasteiger partial charge < -0.3 is 10.8 Å². The molecule has 1 aromatic rings. The molecule has 0 fully saturated rings. The highest BCUT2D eigenvalue weighted by Crippen LogP contribution is 2.33. The minimum atomic E-state index is -0.957. The van der Waals surface area contributed by atoms with Crippen molar-refractivity contribution >= 4 is 17.6 Å². The summed E-state index contributed by atoms with van der Waals surface area (Å²) in [4.78, 5) is 25.2. The van der Waals surface area contributed by atoms with Gasteiger partial charge in [0.1, 0.15) is 6.04 Å². The summed E-state index contributed by atoms with van der Waals surface area (Å²) in [6.07, 6.45) is 1.39. The number of aliphatic carboxylic acids is 1. The minimum absolute atomic E-state index is 0.136. The van der Waals surface area contributed by atoms with Crippen LogP contribution in [0.4, 0.5) is 5.69 Å². The molecule has 0 aromatic heterocycles. The van der Waals surface area contributed by atoms with Crippen LogP contribution < -0.4 is 10.6 Å². The standard InChI is InChI=1S/C15H20N2O3/c1-10(9-16)6-7-14(18)17-12-5-3-2-4-11(12)8-13(17)15(19)20/h2-5,10,13H,6-9,16H2,1H3,(H,19,20). The van der Waals surface area contributed by atoms with E-state index in [4.69, 9.17) is 5.73 Å². The molecule has 0 saturated heterocycles. The molecule has 1 amide bonds. The summed E-state index contributed by atoms with van der Waals surface area (Å²) in [6, 6.07) is 6.59. The Hall–Kier alpha value is -1.88. The van der Waals surface area contributed by atoms with Crippen LogP contribution in [0.2, 0.25) is 0 Å². The molecule has 20 heavy (non-hydrogen) atoms. The van der Waals surface area contributed by atoms with Gasteiger partial charge in [-0.2, -0.15) is 0 Å². The van der Waals surface area contributed by atoms with Gasteiger partial charge in [-0.1, -0.05) is 25.1 Å². The lowest BCUT2D eigenvalue weighted by atomic mass is 10.1. The number of carbonyl (C=O) groups is 2. The van der Waals surface area contributed by atoms with E-state index in [1.807, 2.05) is 31.2 Å². The molecule has 5 nitrogen and oxygen atoms in total. The van der Waals surface area contributed by atoms with Crippen molar-refractivity contribution in [1.82, 2.24) is 0 Å². The smallest absolute Gasteiger partial charge is 0.327 e. The van der Waals surface area contributed by atoms with Crippen molar-refractivity contribution in [2.24, 2.45) is 11.7 Å². The molecule has 3 N–H and O–H groups in total. The Labute approximate surface area is 118 Å². The van der Waals surface area contributed by atoms with Crippen LogP contribution in [0.3, 0.4) is 0 Å². The van der Waals surface area contributed by atoms with Crippen LogP contribution >= 0.6 is 0 Å². The number of carboxylic acid groups (broad SMARTS) is 1. The molecule has 0 radical (unpaired) electrons. The van der Waals surface area contributed by atoms with Crippen molar-refractivity contribution in [2.75, 3.05) is 11.4 Å². The summed E-state index contributed by atoms with van der Waals surface area (Å²) in [6.45, 7) is 2.52. The average Bonchev–Trinajstić information content (AvgIpc) is 2.84. The third-order valence-electron chi connectivity index (χ3n) is 3.78. The van der Waals surface area contributed by atoms with Crippen LogP contribution in [0.1, 0.15) is 25.3 Å². The van der Waals surface area contributed by atoms with E-state index in [1.54, 1.807) is 0 Å². The number of carboxylic acids is 1. The molecule has 2 rings (SSSR count). The number of nitrogens with zero attached hydrogens (tertiary/aromatic N) is 1. The fraction of sp³-hybridized carbons (Fsp3) is 0.467. The summed E-state index contributed by atoms with van der Waals surface area (Å²) in [5.74, 6) is -0.829. The molecule has 2 atom stereocenters. The molecule has 0 spiro atoms. The van der Waals surface area contributed by atoms with Gasteiger partial charge in [-0.05, 0) is 30.5 Å². The van der Waals surface area contributed by atoms with Crippen LogP contribution in [0.25, 0.3) is 0 Å². The zero-order valence-corrected chi connectivity index (χ0v) is 11.6. The van der Waals surface area contributed by atoms with Crippen molar-refractivity contribution in [3.05, 3.63) is 29.8 Å². The molecule has 1 aliphatic heterocycles. The number of hydrogen-bond acceptors (Lipinski definition) is 3. The first-order valence-corrected chi connectivity index (χ1v) is 6.87. The molecule has 108 valence electrons. The summed E-state index contributed by atoms with van der Waals surface area (Å²) in [7, 11) is 0. The molecule has 1 aromatic carbocycles. The number of fused-ring (bicyclic) bond motifs is 1. The Balaban J connectivity index is 2.18. The minimum Gasteiger partial charge on any atom is -0.480 e. The Bertz CT molecular complexity index is 516. The molecule has 5 heteroatoms. The zero-order chi connectivity index (χ0) is 14.7. The van der Waals surface area contributed by atoms with Gasteiger partial charge in [0.15, 0.2) is 0 Å². The molecular weight excluding hydrogens is 256 g/mol. The van der Waals surface area contributed by atoms with Gasteiger partial charge in [-0.25, -0.2) is 4.79 Å². The van der Waals surface area contributed by atoms with E-state index < -0.39 is 12.0 Å². The van der Waals surface area contributed by atoms with E-state index in [0.717, 1.165) is 11.3 Å². The number of hydrogen-bond donors (Lipinski definition) is 2. The quantitative estimate of drug-likeness (QED) is 0.851. The number of nitrogens with two attached hydrogens (primary N) is 1. The van der Waals surface area contributed by atoms with Crippen molar-refractivity contribution in [3.8, 4) is 0 Å². The predicted molar refractivity (Wildman–Crippen MR) is 76.5 cm³/mol. The molecular formula is C15H20N2O3. The molecule has 0 aliphatic carbocycles. The van der Waals surface area contributed by atoms with Crippen LogP contribution in [0, 0.1) is 5.92 Å². The highest BCUT2D eigenvalue weighted by Gasteiger charge is 2.37. The third kappa shape index (κ3) is 2.82. The van der Waals surface area contributed by atoms with Crippen LogP contribution in [0.15, 0.2) is 24.3 Å². The van der Waals surface area contributed by atoms with Crippen molar-refractivity contribution in [3.63, 3.8) is 0 Å². The maximum Gasteiger partial charge on any atom is 0.327 e. The second kappa shape index (κ2) is 6.05. The molecule has 0 saturated carbocycles. The predicted octanol–water partition coefficient (Wildman–Crippen LogP) is 1.40. The van der Waals surface area contributed by atoms with Crippen LogP contribution in [-0.4, -0.2) is 29.6 Å². The first-order valence-electron chi connectivity index (χ1n) is 6.87. The largest absolute Gasteiger partial charge is 0.480 e. The number of benzene rings is 1. The number of anilines is 1. The zero-order valence-electron chi connectivity index (χ0n) is 11.6. The second-order valence-corrected chi connectivity index (χ2v) is 5.33. The van der Waals surface area contributed by atoms with E-state index in [2.05, 4.69) is 0 Å². The number of amides is 1. The molecule has 0 bridgehead atoms. The number of carbonyl (C=O) groups excluding carboxylic acids is 1. The maximum atomic E-state index is 12.4. The van der Waals surface area contributed by atoms with Gasteiger partial charge in [0.25, 0.3) is 0 Å². The lowest BCUT2D eigenvalue weighted by Gasteiger charge is -2.23. The van der Waals surface area contributed by atoms with Crippen molar-refractivity contribution in [1.29, 1.82) is 0 Å². The molecule has 1 heterocycles. The van der Waals surface area contributed by atoms with Gasteiger partial charge in [-0.3, -0.25) is 9.69 Å². The second-order valence-electron chi connectivity index (χ2n) is 5.33. The average molecular weight is 276 g/mol. The normalized spacial score (nSPS) is 18.7. The fourth-order valence-electron chi connectivity index (χ4n) is 2.50. The van der Waals surface area contributed by atoms with Gasteiger partial charge in [-0.15, -0.1) is 0 Å². The van der Waals surface area contributed by atoms with E-state index in [-0.39, 0.29) is 11.8 Å². The lowest BCUT2D eigenvalue weighted by molar-refractivity contribution is -0.139. The van der Waals surface area contributed by atoms with Gasteiger partial charge >= 0.3 is 5.97 Å². The van der Waals surface area contributed by atoms with E-state index in [9.17, 15) is 14.7 Å². The van der Waals surface area contributed by atoms with E-state index in [1.165, 1.54) is 4.90 Å². The summed E-state index contributed by atoms with van der Waals surface area (Å²) in [5.41, 5.74) is 7.19. The summed E-state index contributed by atoms with van der Waals surface area (Å²) in [5, 5.41) is 9.31. The Morgan fingerprint density at radius 2 is 2.15 bits per heavy atom. The fourth-order valence-corrected chi connectivity index (χ4v) is 2.50. The summed E-state index contributed by atoms with van der Waals surface area (Å²) >= 11 is 0. The monoisotopic (exact) mass is 276 g/mol. The van der Waals surface area contributed by atoms with Gasteiger partial charge in [0.05, 0.1) is 0 Å². The highest BCUT2D eigenvalue weighted by atomic mass is 16.4. The number of rotatable bonds is 5. The Morgan fingerprint density at radius 3 is 2.80 bits per heavy atom. The highest BCUT2D eigenvalue weighted by molar-refractivity contribution is 6.01. The Morgan fingerprint density at radius 1 is 1.45 bits per heavy atom. The van der Waals surface area contributed by atoms with E-state index in [0.29, 0.717) is 25.8 Å². The van der Waals surface area contributed by atoms with Crippen LogP contribution in [-0.2, 0) is 16.0 Å². The lowest BCUT2D eigenvalue weighted by Crippen LogP contribution is -2.43. The van der Waals surface area contributed by atoms with Crippen LogP contribution in [0.5, 0.6) is 0 Å². The van der Waals surface area contributed by atoms with Crippen molar-refractivity contribution < 1.29 is 14.7 Å². The Kier molecular flexibility index (Phi) is 4.39. The van der Waals surface area contributed by atoms with Gasteiger partial charge in [0, 0.05) is 18.5 Å². The first kappa shape index (κ1) is 14.5. The number of para-hydroxylation sites is 1. The SMILES string of the molecule is CC(CN)CCC(=O)N1c2ccccc2CC1C(=O)O. The summed E-state index contributed by atoms with van der Waals surface area (Å²) < 4.78 is 0. The topological polar surface area (TPSA) is 83.6 Å². The molecule has 2 unspecified atom stereocenters.